The summed E-state index contributed by atoms with van der Waals surface area (Å²) in [6.45, 7) is 2.61. The van der Waals surface area contributed by atoms with Gasteiger partial charge in [-0.2, -0.15) is 0 Å². The summed E-state index contributed by atoms with van der Waals surface area (Å²) >= 11 is 0. The highest BCUT2D eigenvalue weighted by atomic mass is 16.5. The molecule has 2 heteroatoms. The molecule has 2 aliphatic heterocycles. The van der Waals surface area contributed by atoms with Crippen molar-refractivity contribution >= 4 is 5.57 Å². The standard InChI is InChI=1S/C26H25NO/c1-3-7-20(8-4-1)17-27-25-15-24(16-26(27)19-28-18-25)23-13-11-22(12-14-23)21-9-5-2-6-10-21/h1-15,25-26H,16-19H2. The average Bonchev–Trinajstić information content (AvgIpc) is 2.75. The van der Waals surface area contributed by atoms with Crippen molar-refractivity contribution in [2.75, 3.05) is 13.2 Å². The molecule has 2 aliphatic rings. The smallest absolute Gasteiger partial charge is 0.0658 e. The summed E-state index contributed by atoms with van der Waals surface area (Å²) in [5.41, 5.74) is 6.72. The second-order valence-corrected chi connectivity index (χ2v) is 7.76. The van der Waals surface area contributed by atoms with Crippen molar-refractivity contribution < 1.29 is 4.74 Å². The van der Waals surface area contributed by atoms with Crippen molar-refractivity contribution in [3.05, 3.63) is 102 Å². The highest BCUT2D eigenvalue weighted by Gasteiger charge is 2.34. The Kier molecular flexibility index (Phi) is 4.82. The van der Waals surface area contributed by atoms with Crippen LogP contribution in [-0.4, -0.2) is 30.2 Å². The van der Waals surface area contributed by atoms with Gasteiger partial charge in [0, 0.05) is 12.6 Å². The summed E-state index contributed by atoms with van der Waals surface area (Å²) in [7, 11) is 0. The second kappa shape index (κ2) is 7.75. The Balaban J connectivity index is 1.38. The van der Waals surface area contributed by atoms with Crippen LogP contribution in [-0.2, 0) is 11.3 Å². The van der Waals surface area contributed by atoms with Crippen LogP contribution < -0.4 is 0 Å². The molecule has 140 valence electrons. The first-order valence-electron chi connectivity index (χ1n) is 10.1. The topological polar surface area (TPSA) is 12.5 Å². The minimum absolute atomic E-state index is 0.358. The maximum atomic E-state index is 5.88. The van der Waals surface area contributed by atoms with E-state index in [9.17, 15) is 0 Å². The fourth-order valence-corrected chi connectivity index (χ4v) is 4.42. The molecule has 2 atom stereocenters. The molecule has 28 heavy (non-hydrogen) atoms. The Hall–Kier alpha value is -2.68. The third-order valence-electron chi connectivity index (χ3n) is 5.91. The minimum Gasteiger partial charge on any atom is -0.378 e. The molecule has 2 nitrogen and oxygen atoms in total. The maximum absolute atomic E-state index is 5.88. The van der Waals surface area contributed by atoms with Crippen molar-refractivity contribution in [3.8, 4) is 11.1 Å². The van der Waals surface area contributed by atoms with Gasteiger partial charge in [0.15, 0.2) is 0 Å². The number of morpholine rings is 1. The average molecular weight is 367 g/mol. The normalized spacial score (nSPS) is 21.9. The van der Waals surface area contributed by atoms with Crippen molar-refractivity contribution in [1.82, 2.24) is 4.90 Å². The van der Waals surface area contributed by atoms with E-state index in [0.29, 0.717) is 12.1 Å². The zero-order chi connectivity index (χ0) is 18.8. The Morgan fingerprint density at radius 2 is 1.36 bits per heavy atom. The number of fused-ring (bicyclic) bond motifs is 2. The number of hydrogen-bond donors (Lipinski definition) is 0. The van der Waals surface area contributed by atoms with Crippen LogP contribution in [0.25, 0.3) is 16.7 Å². The van der Waals surface area contributed by atoms with E-state index in [-0.39, 0.29) is 0 Å². The Labute approximate surface area is 167 Å². The number of hydrogen-bond acceptors (Lipinski definition) is 2. The van der Waals surface area contributed by atoms with Crippen LogP contribution in [0.1, 0.15) is 17.5 Å². The van der Waals surface area contributed by atoms with Crippen LogP contribution in [0.5, 0.6) is 0 Å². The van der Waals surface area contributed by atoms with Crippen molar-refractivity contribution in [3.63, 3.8) is 0 Å². The van der Waals surface area contributed by atoms with Gasteiger partial charge in [0.05, 0.1) is 19.3 Å². The summed E-state index contributed by atoms with van der Waals surface area (Å²) in [4.78, 5) is 2.61. The van der Waals surface area contributed by atoms with Crippen LogP contribution in [0.3, 0.4) is 0 Å². The van der Waals surface area contributed by atoms with Crippen molar-refractivity contribution in [1.29, 1.82) is 0 Å². The number of nitrogens with zero attached hydrogens (tertiary/aromatic N) is 1. The molecule has 2 heterocycles. The van der Waals surface area contributed by atoms with Gasteiger partial charge in [0.2, 0.25) is 0 Å². The lowest BCUT2D eigenvalue weighted by Gasteiger charge is -2.45. The van der Waals surface area contributed by atoms with Gasteiger partial charge in [0.1, 0.15) is 0 Å². The molecule has 0 aromatic heterocycles. The zero-order valence-electron chi connectivity index (χ0n) is 16.0. The van der Waals surface area contributed by atoms with Gasteiger partial charge in [-0.15, -0.1) is 0 Å². The molecule has 3 aromatic rings. The van der Waals surface area contributed by atoms with Gasteiger partial charge in [0.25, 0.3) is 0 Å². The summed E-state index contributed by atoms with van der Waals surface area (Å²) < 4.78 is 5.88. The predicted molar refractivity (Wildman–Crippen MR) is 115 cm³/mol. The van der Waals surface area contributed by atoms with E-state index >= 15 is 0 Å². The first kappa shape index (κ1) is 17.4. The van der Waals surface area contributed by atoms with Gasteiger partial charge in [-0.05, 0) is 34.2 Å². The van der Waals surface area contributed by atoms with E-state index in [0.717, 1.165) is 26.2 Å². The molecule has 0 spiro atoms. The minimum atomic E-state index is 0.358. The zero-order valence-corrected chi connectivity index (χ0v) is 16.0. The molecular weight excluding hydrogens is 342 g/mol. The highest BCUT2D eigenvalue weighted by Crippen LogP contribution is 2.34. The molecule has 2 unspecified atom stereocenters. The second-order valence-electron chi connectivity index (χ2n) is 7.76. The summed E-state index contributed by atoms with van der Waals surface area (Å²) in [6.07, 6.45) is 3.48. The quantitative estimate of drug-likeness (QED) is 0.611. The predicted octanol–water partition coefficient (Wildman–Crippen LogP) is 5.41. The van der Waals surface area contributed by atoms with Gasteiger partial charge in [-0.25, -0.2) is 0 Å². The van der Waals surface area contributed by atoms with Crippen LogP contribution in [0, 0.1) is 0 Å². The largest absolute Gasteiger partial charge is 0.378 e. The Bertz CT molecular complexity index is 947. The van der Waals surface area contributed by atoms with Gasteiger partial charge in [-0.3, -0.25) is 4.90 Å². The molecule has 0 saturated carbocycles. The number of rotatable bonds is 4. The SMILES string of the molecule is C1=C(c2ccc(-c3ccccc3)cc2)CC2COCC1N2Cc1ccccc1. The molecule has 3 aromatic carbocycles. The number of benzene rings is 3. The Morgan fingerprint density at radius 1 is 0.714 bits per heavy atom. The molecule has 1 saturated heterocycles. The molecular formula is C26H25NO. The fraction of sp³-hybridized carbons (Fsp3) is 0.231. The fourth-order valence-electron chi connectivity index (χ4n) is 4.42. The Morgan fingerprint density at radius 3 is 2.07 bits per heavy atom. The number of ether oxygens (including phenoxy) is 1. The molecule has 1 fully saturated rings. The van der Waals surface area contributed by atoms with Crippen LogP contribution in [0.4, 0.5) is 0 Å². The van der Waals surface area contributed by atoms with E-state index < -0.39 is 0 Å². The summed E-state index contributed by atoms with van der Waals surface area (Å²) in [5.74, 6) is 0. The molecule has 2 bridgehead atoms. The van der Waals surface area contributed by atoms with E-state index in [1.54, 1.807) is 0 Å². The molecule has 5 rings (SSSR count). The van der Waals surface area contributed by atoms with Crippen molar-refractivity contribution in [2.45, 2.75) is 25.0 Å². The van der Waals surface area contributed by atoms with Crippen molar-refractivity contribution in [2.24, 2.45) is 0 Å². The van der Waals surface area contributed by atoms with Crippen LogP contribution in [0.15, 0.2) is 91.0 Å². The lowest BCUT2D eigenvalue weighted by Crippen LogP contribution is -2.53. The van der Waals surface area contributed by atoms with Gasteiger partial charge < -0.3 is 4.74 Å². The summed E-state index contributed by atoms with van der Waals surface area (Å²) in [6, 6.07) is 31.2. The molecule has 0 N–H and O–H groups in total. The van der Waals surface area contributed by atoms with E-state index in [4.69, 9.17) is 4.74 Å². The highest BCUT2D eigenvalue weighted by molar-refractivity contribution is 5.71. The molecule has 0 amide bonds. The lowest BCUT2D eigenvalue weighted by atomic mass is 9.88. The van der Waals surface area contributed by atoms with E-state index in [2.05, 4.69) is 95.9 Å². The molecule has 0 aliphatic carbocycles. The van der Waals surface area contributed by atoms with E-state index in [1.165, 1.54) is 27.8 Å². The monoisotopic (exact) mass is 367 g/mol. The van der Waals surface area contributed by atoms with Gasteiger partial charge in [-0.1, -0.05) is 91.0 Å². The van der Waals surface area contributed by atoms with Crippen LogP contribution in [0.2, 0.25) is 0 Å². The molecule has 0 radical (unpaired) electrons. The maximum Gasteiger partial charge on any atom is 0.0658 e. The summed E-state index contributed by atoms with van der Waals surface area (Å²) in [5, 5.41) is 0. The first-order valence-corrected chi connectivity index (χ1v) is 10.1. The third-order valence-corrected chi connectivity index (χ3v) is 5.91. The lowest BCUT2D eigenvalue weighted by molar-refractivity contribution is -0.0402. The van der Waals surface area contributed by atoms with E-state index in [1.807, 2.05) is 0 Å². The van der Waals surface area contributed by atoms with Crippen LogP contribution >= 0.6 is 0 Å². The third kappa shape index (κ3) is 3.54. The first-order chi connectivity index (χ1) is 13.9. The van der Waals surface area contributed by atoms with Gasteiger partial charge >= 0.3 is 0 Å².